The monoisotopic (exact) mass is 217 g/mol. The molecule has 1 saturated carbocycles. The standard InChI is InChI=1S/C14H19NO/c1-10-5-4-8-14(10)9-12(15)11-6-2-3-7-13(11)16-14/h2-3,6-7,10,12H,4-5,8-9,15H2,1H3/t10?,12-,14?/m1/s1. The van der Waals surface area contributed by atoms with Crippen molar-refractivity contribution in [2.75, 3.05) is 0 Å². The molecule has 3 atom stereocenters. The van der Waals surface area contributed by atoms with Crippen molar-refractivity contribution >= 4 is 0 Å². The van der Waals surface area contributed by atoms with Gasteiger partial charge in [-0.05, 0) is 31.2 Å². The third kappa shape index (κ3) is 1.36. The summed E-state index contributed by atoms with van der Waals surface area (Å²) in [5.74, 6) is 1.64. The molecule has 0 aromatic heterocycles. The highest BCUT2D eigenvalue weighted by Gasteiger charge is 2.46. The Morgan fingerprint density at radius 3 is 2.94 bits per heavy atom. The SMILES string of the molecule is CC1CCCC12C[C@@H](N)c1ccccc1O2. The molecule has 16 heavy (non-hydrogen) atoms. The molecule has 1 aliphatic heterocycles. The molecule has 2 N–H and O–H groups in total. The van der Waals surface area contributed by atoms with Crippen LogP contribution in [-0.4, -0.2) is 5.60 Å². The maximum absolute atomic E-state index is 6.28. The van der Waals surface area contributed by atoms with Gasteiger partial charge < -0.3 is 10.5 Å². The molecular weight excluding hydrogens is 198 g/mol. The Balaban J connectivity index is 2.00. The first kappa shape index (κ1) is 10.2. The summed E-state index contributed by atoms with van der Waals surface area (Å²) in [6.07, 6.45) is 4.69. The van der Waals surface area contributed by atoms with Gasteiger partial charge in [0.25, 0.3) is 0 Å². The number of hydrogen-bond donors (Lipinski definition) is 1. The Bertz CT molecular complexity index is 403. The van der Waals surface area contributed by atoms with Crippen LogP contribution in [0.1, 0.15) is 44.2 Å². The van der Waals surface area contributed by atoms with E-state index < -0.39 is 0 Å². The fraction of sp³-hybridized carbons (Fsp3) is 0.571. The zero-order valence-corrected chi connectivity index (χ0v) is 9.78. The predicted octanol–water partition coefficient (Wildman–Crippen LogP) is 3.03. The van der Waals surface area contributed by atoms with Gasteiger partial charge in [0.15, 0.2) is 0 Å². The molecule has 2 heteroatoms. The fourth-order valence-corrected chi connectivity index (χ4v) is 3.29. The lowest BCUT2D eigenvalue weighted by molar-refractivity contribution is 0.00668. The van der Waals surface area contributed by atoms with Crippen molar-refractivity contribution in [3.63, 3.8) is 0 Å². The van der Waals surface area contributed by atoms with Crippen LogP contribution in [0.2, 0.25) is 0 Å². The second kappa shape index (κ2) is 3.49. The second-order valence-corrected chi connectivity index (χ2v) is 5.31. The van der Waals surface area contributed by atoms with Gasteiger partial charge in [0.05, 0.1) is 0 Å². The molecule has 1 aromatic rings. The third-order valence-corrected chi connectivity index (χ3v) is 4.33. The number of rotatable bonds is 0. The molecule has 0 amide bonds. The van der Waals surface area contributed by atoms with E-state index in [1.165, 1.54) is 18.4 Å². The fourth-order valence-electron chi connectivity index (χ4n) is 3.29. The van der Waals surface area contributed by atoms with E-state index in [0.29, 0.717) is 5.92 Å². The van der Waals surface area contributed by atoms with Crippen molar-refractivity contribution in [3.05, 3.63) is 29.8 Å². The summed E-state index contributed by atoms with van der Waals surface area (Å²) in [6.45, 7) is 2.30. The van der Waals surface area contributed by atoms with Gasteiger partial charge in [0, 0.05) is 18.0 Å². The maximum atomic E-state index is 6.28. The van der Waals surface area contributed by atoms with Crippen molar-refractivity contribution in [2.24, 2.45) is 11.7 Å². The molecule has 1 fully saturated rings. The number of para-hydroxylation sites is 1. The number of ether oxygens (including phenoxy) is 1. The van der Waals surface area contributed by atoms with E-state index in [9.17, 15) is 0 Å². The van der Waals surface area contributed by atoms with E-state index in [2.05, 4.69) is 19.1 Å². The van der Waals surface area contributed by atoms with Crippen LogP contribution in [0.3, 0.4) is 0 Å². The first-order chi connectivity index (χ1) is 7.71. The van der Waals surface area contributed by atoms with E-state index >= 15 is 0 Å². The topological polar surface area (TPSA) is 35.2 Å². The maximum Gasteiger partial charge on any atom is 0.124 e. The van der Waals surface area contributed by atoms with Crippen LogP contribution >= 0.6 is 0 Å². The van der Waals surface area contributed by atoms with Crippen molar-refractivity contribution in [3.8, 4) is 5.75 Å². The number of nitrogens with two attached hydrogens (primary N) is 1. The smallest absolute Gasteiger partial charge is 0.124 e. The minimum Gasteiger partial charge on any atom is -0.487 e. The lowest BCUT2D eigenvalue weighted by atomic mass is 9.81. The quantitative estimate of drug-likeness (QED) is 0.725. The van der Waals surface area contributed by atoms with Gasteiger partial charge in [-0.2, -0.15) is 0 Å². The molecule has 2 unspecified atom stereocenters. The molecule has 0 saturated heterocycles. The summed E-state index contributed by atoms with van der Waals surface area (Å²) >= 11 is 0. The summed E-state index contributed by atoms with van der Waals surface area (Å²) in [5.41, 5.74) is 7.48. The van der Waals surface area contributed by atoms with E-state index in [0.717, 1.165) is 18.6 Å². The Morgan fingerprint density at radius 1 is 1.38 bits per heavy atom. The lowest BCUT2D eigenvalue weighted by Crippen LogP contribution is -2.44. The van der Waals surface area contributed by atoms with E-state index in [-0.39, 0.29) is 11.6 Å². The first-order valence-corrected chi connectivity index (χ1v) is 6.25. The van der Waals surface area contributed by atoms with Gasteiger partial charge in [0.2, 0.25) is 0 Å². The number of hydrogen-bond acceptors (Lipinski definition) is 2. The van der Waals surface area contributed by atoms with Crippen LogP contribution in [0, 0.1) is 5.92 Å². The molecule has 1 heterocycles. The summed E-state index contributed by atoms with van der Waals surface area (Å²) in [6, 6.07) is 8.36. The molecule has 0 radical (unpaired) electrons. The zero-order valence-electron chi connectivity index (χ0n) is 9.78. The molecule has 1 spiro atoms. The average Bonchev–Trinajstić information content (AvgIpc) is 2.60. The Kier molecular flexibility index (Phi) is 2.21. The Morgan fingerprint density at radius 2 is 2.19 bits per heavy atom. The van der Waals surface area contributed by atoms with Crippen LogP contribution in [0.25, 0.3) is 0 Å². The second-order valence-electron chi connectivity index (χ2n) is 5.31. The first-order valence-electron chi connectivity index (χ1n) is 6.25. The minimum absolute atomic E-state index is 0.0216. The van der Waals surface area contributed by atoms with Gasteiger partial charge in [-0.1, -0.05) is 25.1 Å². The highest BCUT2D eigenvalue weighted by molar-refractivity contribution is 5.39. The van der Waals surface area contributed by atoms with Gasteiger partial charge in [-0.15, -0.1) is 0 Å². The van der Waals surface area contributed by atoms with E-state index in [1.807, 2.05) is 12.1 Å². The summed E-state index contributed by atoms with van der Waals surface area (Å²) in [5, 5.41) is 0. The van der Waals surface area contributed by atoms with Crippen LogP contribution in [0.15, 0.2) is 24.3 Å². The molecule has 3 rings (SSSR count). The molecule has 0 bridgehead atoms. The minimum atomic E-state index is 0.0216. The van der Waals surface area contributed by atoms with Crippen LogP contribution in [0.5, 0.6) is 5.75 Å². The zero-order chi connectivity index (χ0) is 11.2. The van der Waals surface area contributed by atoms with Crippen molar-refractivity contribution in [1.82, 2.24) is 0 Å². The molecule has 1 aliphatic carbocycles. The predicted molar refractivity (Wildman–Crippen MR) is 64.4 cm³/mol. The molecule has 2 nitrogen and oxygen atoms in total. The van der Waals surface area contributed by atoms with Crippen LogP contribution < -0.4 is 10.5 Å². The van der Waals surface area contributed by atoms with Crippen LogP contribution in [0.4, 0.5) is 0 Å². The van der Waals surface area contributed by atoms with Gasteiger partial charge in [-0.25, -0.2) is 0 Å². The molecule has 86 valence electrons. The van der Waals surface area contributed by atoms with Gasteiger partial charge >= 0.3 is 0 Å². The number of benzene rings is 1. The summed E-state index contributed by atoms with van der Waals surface area (Å²) in [4.78, 5) is 0. The average molecular weight is 217 g/mol. The Hall–Kier alpha value is -1.02. The molecular formula is C14H19NO. The van der Waals surface area contributed by atoms with Gasteiger partial charge in [-0.3, -0.25) is 0 Å². The summed E-state index contributed by atoms with van der Waals surface area (Å²) < 4.78 is 6.28. The summed E-state index contributed by atoms with van der Waals surface area (Å²) in [7, 11) is 0. The lowest BCUT2D eigenvalue weighted by Gasteiger charge is -2.41. The third-order valence-electron chi connectivity index (χ3n) is 4.33. The highest BCUT2D eigenvalue weighted by atomic mass is 16.5. The van der Waals surface area contributed by atoms with Crippen molar-refractivity contribution in [1.29, 1.82) is 0 Å². The normalized spacial score (nSPS) is 37.1. The van der Waals surface area contributed by atoms with E-state index in [1.54, 1.807) is 0 Å². The highest BCUT2D eigenvalue weighted by Crippen LogP contribution is 2.48. The van der Waals surface area contributed by atoms with Crippen molar-refractivity contribution in [2.45, 2.75) is 44.2 Å². The largest absolute Gasteiger partial charge is 0.487 e. The molecule has 2 aliphatic rings. The van der Waals surface area contributed by atoms with Crippen LogP contribution in [-0.2, 0) is 0 Å². The Labute approximate surface area is 96.8 Å². The molecule has 1 aromatic carbocycles. The van der Waals surface area contributed by atoms with Gasteiger partial charge in [0.1, 0.15) is 11.4 Å². The number of fused-ring (bicyclic) bond motifs is 1. The van der Waals surface area contributed by atoms with E-state index in [4.69, 9.17) is 10.5 Å². The van der Waals surface area contributed by atoms with Crippen molar-refractivity contribution < 1.29 is 4.74 Å².